The molecule has 0 aliphatic rings. The highest BCUT2D eigenvalue weighted by atomic mass is 35.5. The minimum atomic E-state index is -0.774. The number of aliphatic hydroxyl groups is 1. The first-order chi connectivity index (χ1) is 10.1. The highest BCUT2D eigenvalue weighted by Crippen LogP contribution is 2.28. The molecule has 0 fully saturated rings. The second-order valence-electron chi connectivity index (χ2n) is 5.02. The number of fused-ring (bicyclic) bond motifs is 1. The van der Waals surface area contributed by atoms with Crippen LogP contribution in [0.2, 0.25) is 5.02 Å². The van der Waals surface area contributed by atoms with Gasteiger partial charge in [-0.3, -0.25) is 0 Å². The predicted octanol–water partition coefficient (Wildman–Crippen LogP) is 4.91. The Balaban J connectivity index is 1.97. The molecule has 1 nitrogen and oxygen atoms in total. The van der Waals surface area contributed by atoms with Crippen LogP contribution in [0.3, 0.4) is 0 Å². The summed E-state index contributed by atoms with van der Waals surface area (Å²) in [6.45, 7) is 0. The molecule has 0 aliphatic carbocycles. The fraction of sp³-hybridized carbons (Fsp3) is 0.111. The van der Waals surface area contributed by atoms with Crippen molar-refractivity contribution in [2.45, 2.75) is 12.5 Å². The predicted molar refractivity (Wildman–Crippen MR) is 84.0 cm³/mol. The Bertz CT molecular complexity index is 780. The van der Waals surface area contributed by atoms with Gasteiger partial charge in [-0.05, 0) is 40.1 Å². The summed E-state index contributed by atoms with van der Waals surface area (Å²) in [6, 6.07) is 18.0. The van der Waals surface area contributed by atoms with E-state index >= 15 is 0 Å². The molecule has 0 spiro atoms. The molecule has 106 valence electrons. The standard InChI is InChI=1S/C18H14ClFO/c19-14-8-9-17(20)13(10-14)11-18(21)16-7-3-5-12-4-1-2-6-15(12)16/h1-10,18,21H,11H2. The first-order valence-electron chi connectivity index (χ1n) is 6.75. The average molecular weight is 301 g/mol. The third-order valence-electron chi connectivity index (χ3n) is 3.60. The molecule has 0 bridgehead atoms. The molecule has 1 atom stereocenters. The number of rotatable bonds is 3. The lowest BCUT2D eigenvalue weighted by Crippen LogP contribution is -2.04. The van der Waals surface area contributed by atoms with E-state index in [0.717, 1.165) is 16.3 Å². The van der Waals surface area contributed by atoms with Crippen LogP contribution < -0.4 is 0 Å². The molecule has 3 rings (SSSR count). The minimum Gasteiger partial charge on any atom is -0.388 e. The molecule has 3 heteroatoms. The van der Waals surface area contributed by atoms with E-state index in [4.69, 9.17) is 11.6 Å². The van der Waals surface area contributed by atoms with Crippen LogP contribution in [0.1, 0.15) is 17.2 Å². The normalized spacial score (nSPS) is 12.5. The van der Waals surface area contributed by atoms with E-state index in [1.165, 1.54) is 12.1 Å². The van der Waals surface area contributed by atoms with Gasteiger partial charge in [0.1, 0.15) is 5.82 Å². The van der Waals surface area contributed by atoms with E-state index in [1.807, 2.05) is 42.5 Å². The second-order valence-corrected chi connectivity index (χ2v) is 5.46. The molecule has 0 heterocycles. The quantitative estimate of drug-likeness (QED) is 0.729. The molecule has 0 saturated carbocycles. The summed E-state index contributed by atoms with van der Waals surface area (Å²) >= 11 is 5.89. The van der Waals surface area contributed by atoms with Gasteiger partial charge < -0.3 is 5.11 Å². The van der Waals surface area contributed by atoms with Crippen LogP contribution in [0, 0.1) is 5.82 Å². The van der Waals surface area contributed by atoms with Crippen LogP contribution in [0.25, 0.3) is 10.8 Å². The Hall–Kier alpha value is -1.90. The summed E-state index contributed by atoms with van der Waals surface area (Å²) in [5.74, 6) is -0.348. The van der Waals surface area contributed by atoms with Gasteiger partial charge in [0.05, 0.1) is 6.10 Å². The van der Waals surface area contributed by atoms with E-state index in [9.17, 15) is 9.50 Å². The Kier molecular flexibility index (Phi) is 3.91. The van der Waals surface area contributed by atoms with Gasteiger partial charge in [0, 0.05) is 11.4 Å². The number of benzene rings is 3. The van der Waals surface area contributed by atoms with Crippen LogP contribution in [-0.4, -0.2) is 5.11 Å². The summed E-state index contributed by atoms with van der Waals surface area (Å²) in [5, 5.41) is 13.0. The van der Waals surface area contributed by atoms with E-state index < -0.39 is 6.10 Å². The zero-order valence-corrected chi connectivity index (χ0v) is 12.0. The number of hydrogen-bond donors (Lipinski definition) is 1. The largest absolute Gasteiger partial charge is 0.388 e. The zero-order chi connectivity index (χ0) is 14.8. The fourth-order valence-electron chi connectivity index (χ4n) is 2.56. The Morgan fingerprint density at radius 2 is 1.76 bits per heavy atom. The number of hydrogen-bond acceptors (Lipinski definition) is 1. The summed E-state index contributed by atoms with van der Waals surface area (Å²) in [5.41, 5.74) is 1.22. The van der Waals surface area contributed by atoms with Crippen LogP contribution in [0.4, 0.5) is 4.39 Å². The maximum atomic E-state index is 13.8. The van der Waals surface area contributed by atoms with Crippen molar-refractivity contribution in [2.75, 3.05) is 0 Å². The minimum absolute atomic E-state index is 0.195. The third-order valence-corrected chi connectivity index (χ3v) is 3.84. The van der Waals surface area contributed by atoms with Gasteiger partial charge in [0.15, 0.2) is 0 Å². The van der Waals surface area contributed by atoms with Crippen LogP contribution >= 0.6 is 11.6 Å². The molecule has 0 aliphatic heterocycles. The van der Waals surface area contributed by atoms with Crippen LogP contribution in [-0.2, 0) is 6.42 Å². The molecule has 0 radical (unpaired) electrons. The Labute approximate surface area is 127 Å². The van der Waals surface area contributed by atoms with Crippen molar-refractivity contribution in [1.82, 2.24) is 0 Å². The van der Waals surface area contributed by atoms with Crippen molar-refractivity contribution in [3.63, 3.8) is 0 Å². The van der Waals surface area contributed by atoms with E-state index in [-0.39, 0.29) is 12.2 Å². The molecule has 3 aromatic rings. The Morgan fingerprint density at radius 3 is 2.62 bits per heavy atom. The molecule has 0 amide bonds. The van der Waals surface area contributed by atoms with Gasteiger partial charge in [-0.25, -0.2) is 4.39 Å². The lowest BCUT2D eigenvalue weighted by molar-refractivity contribution is 0.178. The van der Waals surface area contributed by atoms with Gasteiger partial charge in [-0.15, -0.1) is 0 Å². The zero-order valence-electron chi connectivity index (χ0n) is 11.3. The molecule has 0 saturated heterocycles. The van der Waals surface area contributed by atoms with Crippen molar-refractivity contribution in [2.24, 2.45) is 0 Å². The fourth-order valence-corrected chi connectivity index (χ4v) is 2.75. The van der Waals surface area contributed by atoms with Gasteiger partial charge in [-0.2, -0.15) is 0 Å². The maximum absolute atomic E-state index is 13.8. The van der Waals surface area contributed by atoms with Crippen molar-refractivity contribution in [1.29, 1.82) is 0 Å². The van der Waals surface area contributed by atoms with Gasteiger partial charge in [0.25, 0.3) is 0 Å². The lowest BCUT2D eigenvalue weighted by atomic mass is 9.96. The monoisotopic (exact) mass is 300 g/mol. The molecular formula is C18H14ClFO. The van der Waals surface area contributed by atoms with Crippen LogP contribution in [0.5, 0.6) is 0 Å². The highest BCUT2D eigenvalue weighted by Gasteiger charge is 2.14. The number of aliphatic hydroxyl groups excluding tert-OH is 1. The van der Waals surface area contributed by atoms with Gasteiger partial charge >= 0.3 is 0 Å². The van der Waals surface area contributed by atoms with E-state index in [0.29, 0.717) is 10.6 Å². The van der Waals surface area contributed by atoms with Crippen LogP contribution in [0.15, 0.2) is 60.7 Å². The van der Waals surface area contributed by atoms with Gasteiger partial charge in [0.2, 0.25) is 0 Å². The molecule has 21 heavy (non-hydrogen) atoms. The lowest BCUT2D eigenvalue weighted by Gasteiger charge is -2.14. The summed E-state index contributed by atoms with van der Waals surface area (Å²) in [7, 11) is 0. The topological polar surface area (TPSA) is 20.2 Å². The summed E-state index contributed by atoms with van der Waals surface area (Å²) < 4.78 is 13.8. The molecular weight excluding hydrogens is 287 g/mol. The third kappa shape index (κ3) is 2.92. The molecule has 0 aromatic heterocycles. The van der Waals surface area contributed by atoms with E-state index in [2.05, 4.69) is 0 Å². The smallest absolute Gasteiger partial charge is 0.126 e. The first kappa shape index (κ1) is 14.1. The SMILES string of the molecule is OC(Cc1cc(Cl)ccc1F)c1cccc2ccccc12. The molecule has 1 N–H and O–H groups in total. The first-order valence-corrected chi connectivity index (χ1v) is 7.12. The van der Waals surface area contributed by atoms with Crippen molar-refractivity contribution in [3.8, 4) is 0 Å². The van der Waals surface area contributed by atoms with Crippen molar-refractivity contribution < 1.29 is 9.50 Å². The molecule has 1 unspecified atom stereocenters. The average Bonchev–Trinajstić information content (AvgIpc) is 2.50. The molecule has 3 aromatic carbocycles. The maximum Gasteiger partial charge on any atom is 0.126 e. The highest BCUT2D eigenvalue weighted by molar-refractivity contribution is 6.30. The van der Waals surface area contributed by atoms with Crippen molar-refractivity contribution >= 4 is 22.4 Å². The second kappa shape index (κ2) is 5.84. The van der Waals surface area contributed by atoms with E-state index in [1.54, 1.807) is 6.07 Å². The number of halogens is 2. The summed E-state index contributed by atoms with van der Waals surface area (Å²) in [6.07, 6.45) is -0.579. The summed E-state index contributed by atoms with van der Waals surface area (Å²) in [4.78, 5) is 0. The van der Waals surface area contributed by atoms with Gasteiger partial charge in [-0.1, -0.05) is 54.1 Å². The Morgan fingerprint density at radius 1 is 1.00 bits per heavy atom. The van der Waals surface area contributed by atoms with Crippen molar-refractivity contribution in [3.05, 3.63) is 82.6 Å².